The van der Waals surface area contributed by atoms with Gasteiger partial charge in [0.2, 0.25) is 0 Å². The molecular formula is C10H19-. The van der Waals surface area contributed by atoms with Crippen molar-refractivity contribution in [2.45, 2.75) is 40.0 Å². The molecule has 0 aromatic heterocycles. The zero-order chi connectivity index (χ0) is 7.78. The molecule has 0 heterocycles. The maximum atomic E-state index is 3.96. The molecule has 1 unspecified atom stereocenters. The number of hydrogen-bond donors (Lipinski definition) is 0. The number of rotatable bonds is 3. The third-order valence-electron chi connectivity index (χ3n) is 3.33. The molecule has 0 spiro atoms. The van der Waals surface area contributed by atoms with Crippen LogP contribution in [0, 0.1) is 24.2 Å². The molecule has 1 atom stereocenters. The molecule has 1 rings (SSSR count). The first-order chi connectivity index (χ1) is 4.59. The van der Waals surface area contributed by atoms with E-state index >= 15 is 0 Å². The summed E-state index contributed by atoms with van der Waals surface area (Å²) in [6.45, 7) is 11.1. The molecule has 0 bridgehead atoms. The monoisotopic (exact) mass is 139 g/mol. The van der Waals surface area contributed by atoms with Crippen molar-refractivity contribution < 1.29 is 0 Å². The van der Waals surface area contributed by atoms with Gasteiger partial charge >= 0.3 is 0 Å². The zero-order valence-corrected chi connectivity index (χ0v) is 7.48. The average molecular weight is 139 g/mol. The SMILES string of the molecule is [CH2-]CC(C)C(C)(C)C1CC1. The molecule has 0 radical (unpaired) electrons. The van der Waals surface area contributed by atoms with Gasteiger partial charge in [0.1, 0.15) is 0 Å². The Morgan fingerprint density at radius 2 is 2.00 bits per heavy atom. The lowest BCUT2D eigenvalue weighted by atomic mass is 9.74. The lowest BCUT2D eigenvalue weighted by molar-refractivity contribution is 0.192. The minimum Gasteiger partial charge on any atom is -0.343 e. The second-order valence-corrected chi connectivity index (χ2v) is 4.29. The maximum Gasteiger partial charge on any atom is -0.0325 e. The average Bonchev–Trinajstić information content (AvgIpc) is 2.66. The highest BCUT2D eigenvalue weighted by molar-refractivity contribution is 4.91. The zero-order valence-electron chi connectivity index (χ0n) is 7.48. The van der Waals surface area contributed by atoms with Crippen LogP contribution in [-0.2, 0) is 0 Å². The van der Waals surface area contributed by atoms with Gasteiger partial charge in [0.25, 0.3) is 0 Å². The van der Waals surface area contributed by atoms with Crippen LogP contribution in [0.25, 0.3) is 0 Å². The van der Waals surface area contributed by atoms with Crippen molar-refractivity contribution in [1.29, 1.82) is 0 Å². The van der Waals surface area contributed by atoms with E-state index in [1.54, 1.807) is 0 Å². The van der Waals surface area contributed by atoms with Gasteiger partial charge in [-0.05, 0) is 24.2 Å². The summed E-state index contributed by atoms with van der Waals surface area (Å²) in [5, 5.41) is 0. The Balaban J connectivity index is 2.47. The van der Waals surface area contributed by atoms with E-state index in [1.165, 1.54) is 12.8 Å². The molecule has 1 aliphatic rings. The predicted octanol–water partition coefficient (Wildman–Crippen LogP) is 3.28. The Hall–Kier alpha value is 0. The van der Waals surface area contributed by atoms with Gasteiger partial charge in [-0.1, -0.05) is 26.7 Å². The van der Waals surface area contributed by atoms with E-state index in [9.17, 15) is 0 Å². The lowest BCUT2D eigenvalue weighted by Gasteiger charge is -2.33. The van der Waals surface area contributed by atoms with Crippen LogP contribution in [-0.4, -0.2) is 0 Å². The number of hydrogen-bond acceptors (Lipinski definition) is 0. The highest BCUT2D eigenvalue weighted by Crippen LogP contribution is 2.50. The van der Waals surface area contributed by atoms with Crippen LogP contribution in [0.15, 0.2) is 0 Å². The highest BCUT2D eigenvalue weighted by atomic mass is 14.5. The summed E-state index contributed by atoms with van der Waals surface area (Å²) >= 11 is 0. The van der Waals surface area contributed by atoms with E-state index < -0.39 is 0 Å². The van der Waals surface area contributed by atoms with Crippen molar-refractivity contribution in [3.8, 4) is 0 Å². The van der Waals surface area contributed by atoms with Crippen LogP contribution in [0.2, 0.25) is 0 Å². The molecule has 0 aromatic rings. The van der Waals surface area contributed by atoms with Crippen LogP contribution in [0.5, 0.6) is 0 Å². The van der Waals surface area contributed by atoms with Crippen LogP contribution < -0.4 is 0 Å². The predicted molar refractivity (Wildman–Crippen MR) is 45.6 cm³/mol. The first-order valence-electron chi connectivity index (χ1n) is 4.38. The molecule has 10 heavy (non-hydrogen) atoms. The summed E-state index contributed by atoms with van der Waals surface area (Å²) in [6.07, 6.45) is 4.00. The minimum absolute atomic E-state index is 0.557. The molecule has 0 nitrogen and oxygen atoms in total. The molecule has 0 amide bonds. The van der Waals surface area contributed by atoms with Crippen LogP contribution >= 0.6 is 0 Å². The maximum absolute atomic E-state index is 3.96. The summed E-state index contributed by atoms with van der Waals surface area (Å²) in [5.74, 6) is 1.80. The fraction of sp³-hybridized carbons (Fsp3) is 0.900. The largest absolute Gasteiger partial charge is 0.343 e. The van der Waals surface area contributed by atoms with Gasteiger partial charge in [-0.15, -0.1) is 0 Å². The molecule has 1 saturated carbocycles. The van der Waals surface area contributed by atoms with E-state index in [-0.39, 0.29) is 0 Å². The second-order valence-electron chi connectivity index (χ2n) is 4.29. The third-order valence-corrected chi connectivity index (χ3v) is 3.33. The normalized spacial score (nSPS) is 22.8. The van der Waals surface area contributed by atoms with Gasteiger partial charge in [-0.3, -0.25) is 0 Å². The Labute approximate surface area is 65.0 Å². The lowest BCUT2D eigenvalue weighted by Crippen LogP contribution is -2.23. The van der Waals surface area contributed by atoms with E-state index in [2.05, 4.69) is 27.7 Å². The summed E-state index contributed by atoms with van der Waals surface area (Å²) in [6, 6.07) is 0. The first kappa shape index (κ1) is 8.10. The molecule has 0 N–H and O–H groups in total. The van der Waals surface area contributed by atoms with Gasteiger partial charge in [-0.2, -0.15) is 6.42 Å². The molecule has 1 fully saturated rings. The standard InChI is InChI=1S/C10H19/c1-5-8(2)10(3,4)9-6-7-9/h8-9H,1,5-7H2,2-4H3/q-1. The second kappa shape index (κ2) is 2.56. The van der Waals surface area contributed by atoms with E-state index in [0.29, 0.717) is 5.41 Å². The van der Waals surface area contributed by atoms with Crippen LogP contribution in [0.4, 0.5) is 0 Å². The Bertz CT molecular complexity index is 109. The summed E-state index contributed by atoms with van der Waals surface area (Å²) in [5.41, 5.74) is 0.557. The molecule has 0 aromatic carbocycles. The Kier molecular flexibility index (Phi) is 2.07. The van der Waals surface area contributed by atoms with Crippen LogP contribution in [0.1, 0.15) is 40.0 Å². The quantitative estimate of drug-likeness (QED) is 0.526. The van der Waals surface area contributed by atoms with Crippen molar-refractivity contribution in [2.75, 3.05) is 0 Å². The molecule has 1 aliphatic carbocycles. The smallest absolute Gasteiger partial charge is 0.0325 e. The van der Waals surface area contributed by atoms with E-state index in [4.69, 9.17) is 0 Å². The van der Waals surface area contributed by atoms with Crippen molar-refractivity contribution in [2.24, 2.45) is 17.3 Å². The third kappa shape index (κ3) is 1.36. The Morgan fingerprint density at radius 1 is 1.50 bits per heavy atom. The van der Waals surface area contributed by atoms with E-state index in [0.717, 1.165) is 18.3 Å². The molecule has 0 saturated heterocycles. The highest BCUT2D eigenvalue weighted by Gasteiger charge is 2.39. The summed E-state index contributed by atoms with van der Waals surface area (Å²) in [7, 11) is 0. The van der Waals surface area contributed by atoms with Gasteiger partial charge in [0.05, 0.1) is 0 Å². The fourth-order valence-electron chi connectivity index (χ4n) is 1.60. The van der Waals surface area contributed by atoms with Gasteiger partial charge in [0, 0.05) is 0 Å². The van der Waals surface area contributed by atoms with E-state index in [1.807, 2.05) is 0 Å². The molecular weight excluding hydrogens is 120 g/mol. The minimum atomic E-state index is 0.557. The summed E-state index contributed by atoms with van der Waals surface area (Å²) < 4.78 is 0. The Morgan fingerprint density at radius 3 is 2.30 bits per heavy atom. The van der Waals surface area contributed by atoms with Gasteiger partial charge < -0.3 is 6.92 Å². The fourth-order valence-corrected chi connectivity index (χ4v) is 1.60. The first-order valence-corrected chi connectivity index (χ1v) is 4.38. The van der Waals surface area contributed by atoms with Gasteiger partial charge in [0.15, 0.2) is 0 Å². The molecule has 0 aliphatic heterocycles. The van der Waals surface area contributed by atoms with Crippen molar-refractivity contribution in [3.63, 3.8) is 0 Å². The van der Waals surface area contributed by atoms with Crippen molar-refractivity contribution in [3.05, 3.63) is 6.92 Å². The van der Waals surface area contributed by atoms with Crippen molar-refractivity contribution >= 4 is 0 Å². The molecule has 0 heteroatoms. The van der Waals surface area contributed by atoms with Crippen LogP contribution in [0.3, 0.4) is 0 Å². The molecule has 60 valence electrons. The summed E-state index contributed by atoms with van der Waals surface area (Å²) in [4.78, 5) is 0. The van der Waals surface area contributed by atoms with Crippen molar-refractivity contribution in [1.82, 2.24) is 0 Å². The van der Waals surface area contributed by atoms with Gasteiger partial charge in [-0.25, -0.2) is 0 Å². The topological polar surface area (TPSA) is 0 Å².